The Balaban J connectivity index is 1.23. The van der Waals surface area contributed by atoms with Gasteiger partial charge >= 0.3 is 0 Å². The summed E-state index contributed by atoms with van der Waals surface area (Å²) in [6.45, 7) is 4.14. The van der Waals surface area contributed by atoms with Gasteiger partial charge in [0.25, 0.3) is 0 Å². The number of para-hydroxylation sites is 1. The largest absolute Gasteiger partial charge is 0.392 e. The maximum absolute atomic E-state index is 11.4. The minimum atomic E-state index is -0.584. The number of aromatic nitrogens is 4. The molecule has 45 heavy (non-hydrogen) atoms. The molecule has 1 fully saturated rings. The number of amides is 1. The molecule has 1 aromatic heterocycles. The molecule has 1 aliphatic heterocycles. The Bertz CT molecular complexity index is 1710. The van der Waals surface area contributed by atoms with Gasteiger partial charge < -0.3 is 19.9 Å². The van der Waals surface area contributed by atoms with Crippen molar-refractivity contribution in [1.82, 2.24) is 25.5 Å². The van der Waals surface area contributed by atoms with Crippen LogP contribution in [0.25, 0.3) is 16.8 Å². The smallest absolute Gasteiger partial charge is 0.217 e. The molecule has 5 aromatic rings. The van der Waals surface area contributed by atoms with E-state index < -0.39 is 6.29 Å². The van der Waals surface area contributed by atoms with E-state index in [-0.39, 0.29) is 30.6 Å². The molecule has 1 aliphatic rings. The van der Waals surface area contributed by atoms with Gasteiger partial charge in [-0.15, -0.1) is 5.10 Å². The lowest BCUT2D eigenvalue weighted by molar-refractivity contribution is -0.268. The Morgan fingerprint density at radius 3 is 2.38 bits per heavy atom. The lowest BCUT2D eigenvalue weighted by atomic mass is 9.91. The lowest BCUT2D eigenvalue weighted by Crippen LogP contribution is -2.38. The van der Waals surface area contributed by atoms with E-state index in [1.807, 2.05) is 78.9 Å². The van der Waals surface area contributed by atoms with Crippen LogP contribution in [0.5, 0.6) is 0 Å². The molecule has 10 heteroatoms. The van der Waals surface area contributed by atoms with E-state index in [2.05, 4.69) is 52.0 Å². The summed E-state index contributed by atoms with van der Waals surface area (Å²) in [7, 11) is 0. The molecule has 9 nitrogen and oxygen atoms in total. The van der Waals surface area contributed by atoms with Crippen LogP contribution < -0.4 is 5.32 Å². The van der Waals surface area contributed by atoms with Crippen molar-refractivity contribution in [2.24, 2.45) is 5.92 Å². The number of aliphatic hydroxyl groups is 1. The highest BCUT2D eigenvalue weighted by atomic mass is 32.2. The second-order valence-electron chi connectivity index (χ2n) is 11.1. The van der Waals surface area contributed by atoms with Crippen molar-refractivity contribution in [1.29, 1.82) is 0 Å². The normalized spacial score (nSPS) is 19.7. The second-order valence-corrected chi connectivity index (χ2v) is 12.1. The zero-order valence-corrected chi connectivity index (χ0v) is 25.9. The number of benzene rings is 4. The third kappa shape index (κ3) is 7.32. The maximum Gasteiger partial charge on any atom is 0.217 e. The van der Waals surface area contributed by atoms with E-state index in [9.17, 15) is 9.90 Å². The first-order valence-electron chi connectivity index (χ1n) is 14.9. The number of aliphatic hydroxyl groups excluding tert-OH is 1. The van der Waals surface area contributed by atoms with Crippen LogP contribution in [0.1, 0.15) is 48.5 Å². The standard InChI is InChI=1S/C35H35N5O4S/c1-23-32(22-45-35-37-38-39-40(35)31-9-4-3-5-10-31)43-34(44-33(23)28-13-11-25(21-41)12-14-28)29-17-15-27(16-18-29)30-8-6-7-26(19-30)20-36-24(2)42/h3-19,23,32-34,41H,20-22H2,1-2H3,(H,36,42)/t23-,32+,33+,34+/m0/s1. The van der Waals surface area contributed by atoms with Crippen LogP contribution in [-0.4, -0.2) is 43.1 Å². The first-order chi connectivity index (χ1) is 22.0. The van der Waals surface area contributed by atoms with Gasteiger partial charge in [0, 0.05) is 30.7 Å². The third-order valence-corrected chi connectivity index (χ3v) is 8.93. The molecule has 0 saturated carbocycles. The van der Waals surface area contributed by atoms with Crippen molar-refractivity contribution in [3.8, 4) is 16.8 Å². The summed E-state index contributed by atoms with van der Waals surface area (Å²) >= 11 is 1.55. The summed E-state index contributed by atoms with van der Waals surface area (Å²) in [5.41, 5.74) is 6.86. The molecule has 1 saturated heterocycles. The molecule has 2 heterocycles. The van der Waals surface area contributed by atoms with E-state index in [0.717, 1.165) is 39.1 Å². The van der Waals surface area contributed by atoms with Crippen LogP contribution >= 0.6 is 11.8 Å². The van der Waals surface area contributed by atoms with Gasteiger partial charge in [0.05, 0.1) is 24.5 Å². The average molecular weight is 622 g/mol. The summed E-state index contributed by atoms with van der Waals surface area (Å²) in [6.07, 6.45) is -0.973. The Morgan fingerprint density at radius 1 is 0.889 bits per heavy atom. The number of carbonyl (C=O) groups is 1. The summed E-state index contributed by atoms with van der Waals surface area (Å²) in [6, 6.07) is 34.1. The number of thioether (sulfide) groups is 1. The summed E-state index contributed by atoms with van der Waals surface area (Å²) in [5, 5.41) is 25.5. The number of nitrogens with zero attached hydrogens (tertiary/aromatic N) is 4. The van der Waals surface area contributed by atoms with Crippen LogP contribution in [0.15, 0.2) is 108 Å². The van der Waals surface area contributed by atoms with Gasteiger partial charge in [-0.2, -0.15) is 4.68 Å². The van der Waals surface area contributed by atoms with E-state index in [1.165, 1.54) is 6.92 Å². The molecule has 0 spiro atoms. The highest BCUT2D eigenvalue weighted by Crippen LogP contribution is 2.43. The molecule has 1 amide bonds. The molecule has 4 atom stereocenters. The van der Waals surface area contributed by atoms with Gasteiger partial charge in [-0.05, 0) is 56.4 Å². The van der Waals surface area contributed by atoms with Crippen LogP contribution in [0.2, 0.25) is 0 Å². The first kappa shape index (κ1) is 30.7. The number of carbonyl (C=O) groups excluding carboxylic acids is 1. The van der Waals surface area contributed by atoms with Crippen LogP contribution in [0.3, 0.4) is 0 Å². The Labute approximate surface area is 266 Å². The van der Waals surface area contributed by atoms with Crippen LogP contribution in [0, 0.1) is 5.92 Å². The maximum atomic E-state index is 11.4. The van der Waals surface area contributed by atoms with Gasteiger partial charge in [0.2, 0.25) is 11.1 Å². The number of hydrogen-bond acceptors (Lipinski definition) is 8. The van der Waals surface area contributed by atoms with Crippen LogP contribution in [0.4, 0.5) is 0 Å². The Hall–Kier alpha value is -4.35. The molecule has 0 bridgehead atoms. The van der Waals surface area contributed by atoms with E-state index in [0.29, 0.717) is 17.5 Å². The van der Waals surface area contributed by atoms with Gasteiger partial charge in [-0.1, -0.05) is 104 Å². The van der Waals surface area contributed by atoms with E-state index in [1.54, 1.807) is 16.4 Å². The molecular weight excluding hydrogens is 586 g/mol. The van der Waals surface area contributed by atoms with Crippen molar-refractivity contribution >= 4 is 17.7 Å². The fourth-order valence-corrected chi connectivity index (χ4v) is 6.44. The molecule has 4 aromatic carbocycles. The zero-order valence-electron chi connectivity index (χ0n) is 25.1. The molecule has 230 valence electrons. The molecule has 2 N–H and O–H groups in total. The monoisotopic (exact) mass is 621 g/mol. The summed E-state index contributed by atoms with van der Waals surface area (Å²) < 4.78 is 15.0. The molecular formula is C35H35N5O4S. The molecule has 0 radical (unpaired) electrons. The fourth-order valence-electron chi connectivity index (χ4n) is 5.39. The molecule has 6 rings (SSSR count). The lowest BCUT2D eigenvalue weighted by Gasteiger charge is -2.41. The third-order valence-electron chi connectivity index (χ3n) is 7.93. The number of rotatable bonds is 10. The predicted molar refractivity (Wildman–Crippen MR) is 172 cm³/mol. The summed E-state index contributed by atoms with van der Waals surface area (Å²) in [5.74, 6) is 0.597. The summed E-state index contributed by atoms with van der Waals surface area (Å²) in [4.78, 5) is 11.4. The van der Waals surface area contributed by atoms with Gasteiger partial charge in [0.1, 0.15) is 0 Å². The quantitative estimate of drug-likeness (QED) is 0.182. The number of ether oxygens (including phenoxy) is 2. The van der Waals surface area contributed by atoms with Crippen molar-refractivity contribution in [3.63, 3.8) is 0 Å². The Morgan fingerprint density at radius 2 is 1.64 bits per heavy atom. The van der Waals surface area contributed by atoms with Crippen molar-refractivity contribution < 1.29 is 19.4 Å². The van der Waals surface area contributed by atoms with Crippen molar-refractivity contribution in [2.75, 3.05) is 5.75 Å². The minimum absolute atomic E-state index is 0.00894. The average Bonchev–Trinajstić information content (AvgIpc) is 3.56. The van der Waals surface area contributed by atoms with Gasteiger partial charge in [-0.3, -0.25) is 4.79 Å². The topological polar surface area (TPSA) is 111 Å². The number of tetrazole rings is 1. The van der Waals surface area contributed by atoms with E-state index in [4.69, 9.17) is 9.47 Å². The molecule has 0 aliphatic carbocycles. The highest BCUT2D eigenvalue weighted by molar-refractivity contribution is 7.99. The molecule has 0 unspecified atom stereocenters. The predicted octanol–water partition coefficient (Wildman–Crippen LogP) is 6.04. The SMILES string of the molecule is CC(=O)NCc1cccc(-c2ccc([C@@H]3O[C@H](CSc4nnnn4-c4ccccc4)[C@H](C)[C@H](c4ccc(CO)cc4)O3)cc2)c1. The minimum Gasteiger partial charge on any atom is -0.392 e. The van der Waals surface area contributed by atoms with Gasteiger partial charge in [0.15, 0.2) is 6.29 Å². The van der Waals surface area contributed by atoms with Crippen molar-refractivity contribution in [2.45, 2.75) is 50.7 Å². The van der Waals surface area contributed by atoms with Crippen molar-refractivity contribution in [3.05, 3.63) is 125 Å². The number of hydrogen-bond donors (Lipinski definition) is 2. The number of nitrogens with one attached hydrogen (secondary N) is 1. The zero-order chi connectivity index (χ0) is 31.2. The fraction of sp³-hybridized carbons (Fsp3) is 0.257. The highest BCUT2D eigenvalue weighted by Gasteiger charge is 2.38. The van der Waals surface area contributed by atoms with Gasteiger partial charge in [-0.25, -0.2) is 0 Å². The van der Waals surface area contributed by atoms with Crippen LogP contribution in [-0.2, 0) is 27.4 Å². The second kappa shape index (κ2) is 14.2. The first-order valence-corrected chi connectivity index (χ1v) is 15.9. The Kier molecular flexibility index (Phi) is 9.66. The van der Waals surface area contributed by atoms with E-state index >= 15 is 0 Å².